The van der Waals surface area contributed by atoms with E-state index in [1.807, 2.05) is 20.8 Å². The SMILES string of the molecule is CC(C)(C)OC(=O)N[C@H]1[C@H]2[C@@H]3C[C@@H]1C(=O)[C@@H]32. The second-order valence-electron chi connectivity index (χ2n) is 6.18. The topological polar surface area (TPSA) is 55.4 Å². The van der Waals surface area contributed by atoms with E-state index in [0.29, 0.717) is 17.6 Å². The Kier molecular flexibility index (Phi) is 1.76. The fourth-order valence-electron chi connectivity index (χ4n) is 3.48. The molecule has 1 N–H and O–H groups in total. The van der Waals surface area contributed by atoms with Gasteiger partial charge in [-0.2, -0.15) is 0 Å². The molecule has 4 nitrogen and oxygen atoms in total. The Labute approximate surface area is 94.7 Å². The maximum atomic E-state index is 11.7. The minimum absolute atomic E-state index is 0.0531. The summed E-state index contributed by atoms with van der Waals surface area (Å²) in [6, 6.07) is 0.0531. The minimum Gasteiger partial charge on any atom is -0.444 e. The predicted molar refractivity (Wildman–Crippen MR) is 56.7 cm³/mol. The van der Waals surface area contributed by atoms with Crippen LogP contribution in [0.3, 0.4) is 0 Å². The Morgan fingerprint density at radius 3 is 2.50 bits per heavy atom. The molecule has 0 aromatic heterocycles. The molecule has 0 spiro atoms. The van der Waals surface area contributed by atoms with Gasteiger partial charge < -0.3 is 10.1 Å². The number of nitrogens with one attached hydrogen (secondary N) is 1. The van der Waals surface area contributed by atoms with Crippen molar-refractivity contribution in [2.24, 2.45) is 23.7 Å². The van der Waals surface area contributed by atoms with Crippen LogP contribution in [0, 0.1) is 23.7 Å². The highest BCUT2D eigenvalue weighted by Gasteiger charge is 2.74. The number of rotatable bonds is 1. The molecule has 0 saturated heterocycles. The van der Waals surface area contributed by atoms with Crippen molar-refractivity contribution in [2.75, 3.05) is 0 Å². The highest BCUT2D eigenvalue weighted by molar-refractivity contribution is 5.94. The van der Waals surface area contributed by atoms with Crippen LogP contribution in [0.15, 0.2) is 0 Å². The fraction of sp³-hybridized carbons (Fsp3) is 0.833. The maximum absolute atomic E-state index is 11.7. The van der Waals surface area contributed by atoms with Crippen LogP contribution in [0.1, 0.15) is 27.2 Å². The Bertz CT molecular complexity index is 371. The third kappa shape index (κ3) is 1.28. The van der Waals surface area contributed by atoms with Gasteiger partial charge in [0.05, 0.1) is 0 Å². The number of hydrogen-bond acceptors (Lipinski definition) is 3. The molecule has 0 aromatic carbocycles. The van der Waals surface area contributed by atoms with Gasteiger partial charge in [0.2, 0.25) is 0 Å². The predicted octanol–water partition coefficient (Wildman–Crippen LogP) is 1.34. The molecule has 88 valence electrons. The van der Waals surface area contributed by atoms with E-state index in [-0.39, 0.29) is 24.0 Å². The van der Waals surface area contributed by atoms with E-state index in [1.165, 1.54) is 0 Å². The van der Waals surface area contributed by atoms with Gasteiger partial charge in [-0.25, -0.2) is 4.79 Å². The van der Waals surface area contributed by atoms with Crippen molar-refractivity contribution in [1.29, 1.82) is 0 Å². The third-order valence-electron chi connectivity index (χ3n) is 3.98. The van der Waals surface area contributed by atoms with Gasteiger partial charge in [-0.05, 0) is 39.0 Å². The van der Waals surface area contributed by atoms with E-state index in [2.05, 4.69) is 5.32 Å². The second-order valence-corrected chi connectivity index (χ2v) is 6.18. The molecule has 5 atom stereocenters. The highest BCUT2D eigenvalue weighted by Crippen LogP contribution is 2.68. The van der Waals surface area contributed by atoms with Crippen LogP contribution in [0.5, 0.6) is 0 Å². The van der Waals surface area contributed by atoms with Gasteiger partial charge in [0.15, 0.2) is 0 Å². The summed E-state index contributed by atoms with van der Waals surface area (Å²) in [5, 5.41) is 2.87. The molecule has 0 aromatic rings. The second kappa shape index (κ2) is 2.79. The fourth-order valence-corrected chi connectivity index (χ4v) is 3.48. The average molecular weight is 223 g/mol. The molecule has 0 heterocycles. The van der Waals surface area contributed by atoms with E-state index in [1.54, 1.807) is 0 Å². The first-order valence-electron chi connectivity index (χ1n) is 5.92. The molecular weight excluding hydrogens is 206 g/mol. The Morgan fingerprint density at radius 2 is 2.12 bits per heavy atom. The van der Waals surface area contributed by atoms with Crippen LogP contribution in [-0.2, 0) is 9.53 Å². The zero-order chi connectivity index (χ0) is 11.7. The molecule has 1 amide bonds. The largest absolute Gasteiger partial charge is 0.444 e. The van der Waals surface area contributed by atoms with Crippen LogP contribution in [0.2, 0.25) is 0 Å². The number of ether oxygens (including phenoxy) is 1. The number of carbonyl (C=O) groups excluding carboxylic acids is 2. The molecule has 0 unspecified atom stereocenters. The van der Waals surface area contributed by atoms with E-state index in [4.69, 9.17) is 4.74 Å². The zero-order valence-corrected chi connectivity index (χ0v) is 9.82. The quantitative estimate of drug-likeness (QED) is 0.730. The number of alkyl carbamates (subject to hydrolysis) is 1. The highest BCUT2D eigenvalue weighted by atomic mass is 16.6. The Hall–Kier alpha value is -1.06. The van der Waals surface area contributed by atoms with Gasteiger partial charge in [0, 0.05) is 17.9 Å². The molecule has 4 aliphatic rings. The molecule has 4 heteroatoms. The third-order valence-corrected chi connectivity index (χ3v) is 3.98. The maximum Gasteiger partial charge on any atom is 0.407 e. The first kappa shape index (κ1) is 10.1. The molecule has 0 aliphatic heterocycles. The van der Waals surface area contributed by atoms with Crippen LogP contribution in [0.25, 0.3) is 0 Å². The van der Waals surface area contributed by atoms with Crippen molar-refractivity contribution in [1.82, 2.24) is 5.32 Å². The van der Waals surface area contributed by atoms with E-state index < -0.39 is 5.60 Å². The average Bonchev–Trinajstić information content (AvgIpc) is 2.43. The smallest absolute Gasteiger partial charge is 0.407 e. The lowest BCUT2D eigenvalue weighted by atomic mass is 10.1. The van der Waals surface area contributed by atoms with Gasteiger partial charge >= 0.3 is 6.09 Å². The van der Waals surface area contributed by atoms with Gasteiger partial charge in [-0.15, -0.1) is 0 Å². The molecule has 4 rings (SSSR count). The molecule has 4 fully saturated rings. The number of amides is 1. The molecule has 4 saturated carbocycles. The van der Waals surface area contributed by atoms with Crippen molar-refractivity contribution >= 4 is 11.9 Å². The number of hydrogen-bond donors (Lipinski definition) is 1. The lowest BCUT2D eigenvalue weighted by molar-refractivity contribution is -0.121. The normalized spacial score (nSPS) is 43.4. The van der Waals surface area contributed by atoms with E-state index >= 15 is 0 Å². The molecular formula is C12H17NO3. The summed E-state index contributed by atoms with van der Waals surface area (Å²) in [6.07, 6.45) is 0.595. The lowest BCUT2D eigenvalue weighted by Crippen LogP contribution is -2.41. The zero-order valence-electron chi connectivity index (χ0n) is 9.82. The number of carbonyl (C=O) groups is 2. The van der Waals surface area contributed by atoms with E-state index in [0.717, 1.165) is 6.42 Å². The summed E-state index contributed by atoms with van der Waals surface area (Å²) in [6.45, 7) is 5.52. The molecule has 0 radical (unpaired) electrons. The van der Waals surface area contributed by atoms with Crippen molar-refractivity contribution in [2.45, 2.75) is 38.8 Å². The summed E-state index contributed by atoms with van der Waals surface area (Å²) in [5.41, 5.74) is -0.474. The van der Waals surface area contributed by atoms with Gasteiger partial charge in [-0.3, -0.25) is 4.79 Å². The summed E-state index contributed by atoms with van der Waals surface area (Å²) in [5.74, 6) is 1.70. The first-order chi connectivity index (χ1) is 7.38. The number of Topliss-reactive ketones (excluding diaryl/α,β-unsaturated/α-hetero) is 1. The van der Waals surface area contributed by atoms with Crippen molar-refractivity contribution in [3.8, 4) is 0 Å². The molecule has 16 heavy (non-hydrogen) atoms. The molecule has 4 bridgehead atoms. The van der Waals surface area contributed by atoms with Gasteiger partial charge in [0.25, 0.3) is 0 Å². The van der Waals surface area contributed by atoms with E-state index in [9.17, 15) is 9.59 Å². The van der Waals surface area contributed by atoms with Gasteiger partial charge in [-0.1, -0.05) is 0 Å². The summed E-state index contributed by atoms with van der Waals surface area (Å²) >= 11 is 0. The lowest BCUT2D eigenvalue weighted by Gasteiger charge is -2.22. The standard InChI is InChI=1S/C12H17NO3/c1-12(2,3)16-11(15)13-9-6-4-5-7(9)8(5)10(6)14/h5-9H,4H2,1-3H3,(H,13,15)/t5-,6-,7-,8-,9+/m0/s1. The monoisotopic (exact) mass is 223 g/mol. The van der Waals surface area contributed by atoms with Crippen LogP contribution < -0.4 is 5.32 Å². The number of ketones is 1. The Morgan fingerprint density at radius 1 is 1.44 bits per heavy atom. The summed E-state index contributed by atoms with van der Waals surface area (Å²) in [7, 11) is 0. The van der Waals surface area contributed by atoms with Gasteiger partial charge in [0.1, 0.15) is 11.4 Å². The van der Waals surface area contributed by atoms with Crippen LogP contribution in [0.4, 0.5) is 4.79 Å². The van der Waals surface area contributed by atoms with Crippen molar-refractivity contribution in [3.05, 3.63) is 0 Å². The summed E-state index contributed by atoms with van der Waals surface area (Å²) < 4.78 is 5.21. The first-order valence-corrected chi connectivity index (χ1v) is 5.92. The minimum atomic E-state index is -0.474. The summed E-state index contributed by atoms with van der Waals surface area (Å²) in [4.78, 5) is 23.3. The van der Waals surface area contributed by atoms with Crippen molar-refractivity contribution < 1.29 is 14.3 Å². The van der Waals surface area contributed by atoms with Crippen molar-refractivity contribution in [3.63, 3.8) is 0 Å². The van der Waals surface area contributed by atoms with Crippen LogP contribution >= 0.6 is 0 Å². The van der Waals surface area contributed by atoms with Crippen LogP contribution in [-0.4, -0.2) is 23.5 Å². The Balaban J connectivity index is 1.61. The molecule has 4 aliphatic carbocycles.